The molecule has 6 nitrogen and oxygen atoms in total. The summed E-state index contributed by atoms with van der Waals surface area (Å²) in [6.45, 7) is 1.32. The number of ketones is 1. The Morgan fingerprint density at radius 2 is 2.28 bits per heavy atom. The summed E-state index contributed by atoms with van der Waals surface area (Å²) >= 11 is 0. The lowest BCUT2D eigenvalue weighted by molar-refractivity contribution is -0.137. The summed E-state index contributed by atoms with van der Waals surface area (Å²) in [5, 5.41) is 1.49. The Labute approximate surface area is 104 Å². The van der Waals surface area contributed by atoms with Gasteiger partial charge in [0.15, 0.2) is 5.78 Å². The maximum Gasteiger partial charge on any atom is 0.341 e. The molecule has 0 amide bonds. The van der Waals surface area contributed by atoms with Crippen molar-refractivity contribution in [1.29, 1.82) is 0 Å². The van der Waals surface area contributed by atoms with Crippen LogP contribution in [0.1, 0.15) is 6.92 Å². The van der Waals surface area contributed by atoms with Crippen LogP contribution in [0.4, 0.5) is 0 Å². The van der Waals surface area contributed by atoms with Gasteiger partial charge >= 0.3 is 5.97 Å². The Morgan fingerprint density at radius 3 is 2.94 bits per heavy atom. The van der Waals surface area contributed by atoms with E-state index in [1.54, 1.807) is 24.6 Å². The van der Waals surface area contributed by atoms with Crippen LogP contribution < -0.4 is 5.48 Å². The number of rotatable bonds is 3. The van der Waals surface area contributed by atoms with E-state index < -0.39 is 5.97 Å². The zero-order valence-electron chi connectivity index (χ0n) is 9.97. The van der Waals surface area contributed by atoms with Crippen LogP contribution in [0.5, 0.6) is 0 Å². The SMILES string of the molecule is COC(=O)C(=CC1=CC=CN2ONC=C12)C(C)=O. The predicted molar refractivity (Wildman–Crippen MR) is 62.1 cm³/mol. The van der Waals surface area contributed by atoms with E-state index in [1.165, 1.54) is 25.2 Å². The molecule has 0 unspecified atom stereocenters. The third-order valence-electron chi connectivity index (χ3n) is 2.46. The number of esters is 1. The minimum atomic E-state index is -0.656. The van der Waals surface area contributed by atoms with Crippen LogP contribution in [-0.4, -0.2) is 23.9 Å². The quantitative estimate of drug-likeness (QED) is 0.343. The van der Waals surface area contributed by atoms with Gasteiger partial charge in [0.25, 0.3) is 0 Å². The van der Waals surface area contributed by atoms with Gasteiger partial charge in [0, 0.05) is 11.8 Å². The van der Waals surface area contributed by atoms with Gasteiger partial charge in [0.1, 0.15) is 5.57 Å². The van der Waals surface area contributed by atoms with Crippen LogP contribution in [-0.2, 0) is 19.3 Å². The summed E-state index contributed by atoms with van der Waals surface area (Å²) in [5.74, 6) is -1.01. The number of fused-ring (bicyclic) bond motifs is 1. The highest BCUT2D eigenvalue weighted by Crippen LogP contribution is 2.25. The van der Waals surface area contributed by atoms with Crippen molar-refractivity contribution >= 4 is 11.8 Å². The molecule has 0 spiro atoms. The second kappa shape index (κ2) is 4.89. The van der Waals surface area contributed by atoms with E-state index in [0.29, 0.717) is 11.3 Å². The maximum absolute atomic E-state index is 11.5. The Hall–Kier alpha value is -2.34. The number of nitrogens with one attached hydrogen (secondary N) is 1. The zero-order valence-corrected chi connectivity index (χ0v) is 9.97. The highest BCUT2D eigenvalue weighted by molar-refractivity contribution is 6.16. The highest BCUT2D eigenvalue weighted by atomic mass is 16.8. The van der Waals surface area contributed by atoms with Crippen LogP contribution in [0, 0.1) is 0 Å². The fourth-order valence-electron chi connectivity index (χ4n) is 1.58. The van der Waals surface area contributed by atoms with Crippen molar-refractivity contribution in [2.24, 2.45) is 0 Å². The van der Waals surface area contributed by atoms with Crippen molar-refractivity contribution in [2.45, 2.75) is 6.92 Å². The molecular weight excluding hydrogens is 236 g/mol. The average Bonchev–Trinajstić information content (AvgIpc) is 2.83. The number of carbonyl (C=O) groups excluding carboxylic acids is 2. The molecule has 0 saturated heterocycles. The number of hydroxylamine groups is 3. The van der Waals surface area contributed by atoms with Crippen LogP contribution in [0.3, 0.4) is 0 Å². The zero-order chi connectivity index (χ0) is 13.1. The molecule has 0 saturated carbocycles. The summed E-state index contributed by atoms with van der Waals surface area (Å²) in [7, 11) is 1.24. The van der Waals surface area contributed by atoms with Gasteiger partial charge in [-0.25, -0.2) is 15.3 Å². The largest absolute Gasteiger partial charge is 0.465 e. The Balaban J connectivity index is 2.35. The van der Waals surface area contributed by atoms with Crippen molar-refractivity contribution in [2.75, 3.05) is 7.11 Å². The number of methoxy groups -OCH3 is 1. The molecule has 0 atom stereocenters. The molecular formula is C12H12N2O4. The summed E-state index contributed by atoms with van der Waals surface area (Å²) in [5.41, 5.74) is 3.96. The van der Waals surface area contributed by atoms with Gasteiger partial charge in [-0.2, -0.15) is 4.94 Å². The van der Waals surface area contributed by atoms with Crippen LogP contribution in [0.25, 0.3) is 0 Å². The first-order chi connectivity index (χ1) is 8.63. The summed E-state index contributed by atoms with van der Waals surface area (Å²) in [4.78, 5) is 27.9. The van der Waals surface area contributed by atoms with Crippen molar-refractivity contribution in [1.82, 2.24) is 10.5 Å². The van der Waals surface area contributed by atoms with Crippen LogP contribution in [0.2, 0.25) is 0 Å². The van der Waals surface area contributed by atoms with Gasteiger partial charge in [-0.05, 0) is 19.1 Å². The molecule has 0 aliphatic carbocycles. The molecule has 0 aromatic carbocycles. The monoisotopic (exact) mass is 248 g/mol. The lowest BCUT2D eigenvalue weighted by Gasteiger charge is -2.17. The van der Waals surface area contributed by atoms with E-state index >= 15 is 0 Å². The summed E-state index contributed by atoms with van der Waals surface area (Å²) in [6, 6.07) is 0. The van der Waals surface area contributed by atoms with Crippen molar-refractivity contribution in [3.05, 3.63) is 47.5 Å². The molecule has 0 fully saturated rings. The number of nitrogens with zero attached hydrogens (tertiary/aromatic N) is 1. The van der Waals surface area contributed by atoms with E-state index in [9.17, 15) is 9.59 Å². The van der Waals surface area contributed by atoms with Crippen LogP contribution >= 0.6 is 0 Å². The highest BCUT2D eigenvalue weighted by Gasteiger charge is 2.22. The Morgan fingerprint density at radius 1 is 1.50 bits per heavy atom. The van der Waals surface area contributed by atoms with E-state index in [0.717, 1.165) is 0 Å². The van der Waals surface area contributed by atoms with Crippen LogP contribution in [0.15, 0.2) is 47.5 Å². The minimum absolute atomic E-state index is 0.00759. The first-order valence-corrected chi connectivity index (χ1v) is 5.25. The number of ether oxygens (including phenoxy) is 1. The van der Waals surface area contributed by atoms with E-state index in [1.807, 2.05) is 0 Å². The first kappa shape index (κ1) is 12.1. The number of hydrogen-bond donors (Lipinski definition) is 1. The molecule has 0 aromatic heterocycles. The third-order valence-corrected chi connectivity index (χ3v) is 2.46. The number of carbonyl (C=O) groups is 2. The van der Waals surface area contributed by atoms with E-state index in [2.05, 4.69) is 10.2 Å². The van der Waals surface area contributed by atoms with E-state index in [4.69, 9.17) is 4.94 Å². The summed E-state index contributed by atoms with van der Waals surface area (Å²) < 4.78 is 4.57. The molecule has 18 heavy (non-hydrogen) atoms. The van der Waals surface area contributed by atoms with Crippen molar-refractivity contribution in [3.63, 3.8) is 0 Å². The molecule has 2 aliphatic rings. The number of allylic oxidation sites excluding steroid dienone is 3. The first-order valence-electron chi connectivity index (χ1n) is 5.25. The molecule has 2 heterocycles. The van der Waals surface area contributed by atoms with Gasteiger partial charge < -0.3 is 4.74 Å². The maximum atomic E-state index is 11.5. The number of hydrogen-bond acceptors (Lipinski definition) is 6. The normalized spacial score (nSPS) is 17.7. The molecule has 2 rings (SSSR count). The third kappa shape index (κ3) is 2.18. The van der Waals surface area contributed by atoms with Crippen molar-refractivity contribution in [3.8, 4) is 0 Å². The summed E-state index contributed by atoms with van der Waals surface area (Å²) in [6.07, 6.45) is 8.32. The molecule has 6 heteroatoms. The molecule has 0 aromatic rings. The topological polar surface area (TPSA) is 67.9 Å². The van der Waals surface area contributed by atoms with Crippen molar-refractivity contribution < 1.29 is 19.3 Å². The fourth-order valence-corrected chi connectivity index (χ4v) is 1.58. The second-order valence-corrected chi connectivity index (χ2v) is 3.63. The average molecular weight is 248 g/mol. The number of Topliss-reactive ketones (excluding diaryl/α,β-unsaturated/α-hetero) is 1. The lowest BCUT2D eigenvalue weighted by atomic mass is 10.0. The molecule has 2 aliphatic heterocycles. The lowest BCUT2D eigenvalue weighted by Crippen LogP contribution is -2.18. The van der Waals surface area contributed by atoms with Gasteiger partial charge in [-0.15, -0.1) is 0 Å². The molecule has 0 bridgehead atoms. The molecule has 94 valence electrons. The van der Waals surface area contributed by atoms with Gasteiger partial charge in [0.2, 0.25) is 0 Å². The van der Waals surface area contributed by atoms with Gasteiger partial charge in [0.05, 0.1) is 19.0 Å². The fraction of sp³-hybridized carbons (Fsp3) is 0.167. The minimum Gasteiger partial charge on any atom is -0.465 e. The molecule has 1 N–H and O–H groups in total. The predicted octanol–water partition coefficient (Wildman–Crippen LogP) is 0.722. The molecule has 0 radical (unpaired) electrons. The van der Waals surface area contributed by atoms with E-state index in [-0.39, 0.29) is 11.4 Å². The van der Waals surface area contributed by atoms with Gasteiger partial charge in [-0.3, -0.25) is 4.79 Å². The van der Waals surface area contributed by atoms with Gasteiger partial charge in [-0.1, -0.05) is 6.08 Å². The second-order valence-electron chi connectivity index (χ2n) is 3.63. The smallest absolute Gasteiger partial charge is 0.341 e. The Bertz CT molecular complexity index is 514. The standard InChI is InChI=1S/C12H12N2O4/c1-8(15)10(12(16)17-2)6-9-4-3-5-14-11(9)7-13-18-14/h3-7,13H,1-2H3. The Kier molecular flexibility index (Phi) is 3.29.